The van der Waals surface area contributed by atoms with Crippen LogP contribution in [0.1, 0.15) is 16.7 Å². The van der Waals surface area contributed by atoms with E-state index in [9.17, 15) is 10.5 Å². The molecule has 162 valence electrons. The maximum atomic E-state index is 9.18. The molecule has 0 amide bonds. The van der Waals surface area contributed by atoms with Crippen molar-refractivity contribution < 1.29 is 0 Å². The molecule has 5 rings (SSSR count). The van der Waals surface area contributed by atoms with E-state index in [2.05, 4.69) is 59.5 Å². The van der Waals surface area contributed by atoms with Crippen LogP contribution in [0.5, 0.6) is 0 Å². The molecule has 0 heterocycles. The molecule has 0 bridgehead atoms. The minimum absolute atomic E-state index is 0.599. The van der Waals surface area contributed by atoms with E-state index < -0.39 is 0 Å². The van der Waals surface area contributed by atoms with Crippen LogP contribution < -0.4 is 4.90 Å². The van der Waals surface area contributed by atoms with E-state index in [0.29, 0.717) is 16.7 Å². The Kier molecular flexibility index (Phi) is 5.67. The molecule has 4 heteroatoms. The summed E-state index contributed by atoms with van der Waals surface area (Å²) in [5.41, 5.74) is 6.82. The largest absolute Gasteiger partial charge is 0.311 e. The highest BCUT2D eigenvalue weighted by Gasteiger charge is 2.13. The third-order valence-corrected chi connectivity index (χ3v) is 5.94. The van der Waals surface area contributed by atoms with Crippen LogP contribution in [0.25, 0.3) is 21.9 Å². The Balaban J connectivity index is 1.53. The molecule has 0 aliphatic heterocycles. The average molecular weight is 447 g/mol. The van der Waals surface area contributed by atoms with E-state index in [4.69, 9.17) is 5.26 Å². The minimum atomic E-state index is 0.599. The molecule has 0 fully saturated rings. The number of anilines is 3. The molecule has 0 unspecified atom stereocenters. The molecule has 5 aromatic carbocycles. The van der Waals surface area contributed by atoms with Gasteiger partial charge in [-0.3, -0.25) is 0 Å². The van der Waals surface area contributed by atoms with Gasteiger partial charge in [-0.15, -0.1) is 0 Å². The summed E-state index contributed by atoms with van der Waals surface area (Å²) in [7, 11) is 0. The lowest BCUT2D eigenvalue weighted by Gasteiger charge is -2.25. The number of nitrogens with zero attached hydrogens (tertiary/aromatic N) is 4. The Morgan fingerprint density at radius 2 is 0.800 bits per heavy atom. The van der Waals surface area contributed by atoms with Crippen LogP contribution in [-0.2, 0) is 0 Å². The molecular formula is C31H18N4. The Labute approximate surface area is 203 Å². The van der Waals surface area contributed by atoms with Crippen LogP contribution in [0.3, 0.4) is 0 Å². The third kappa shape index (κ3) is 4.31. The Hall–Kier alpha value is -5.37. The second kappa shape index (κ2) is 9.24. The third-order valence-electron chi connectivity index (χ3n) is 5.94. The van der Waals surface area contributed by atoms with Crippen molar-refractivity contribution in [2.45, 2.75) is 0 Å². The normalized spacial score (nSPS) is 10.2. The molecular weight excluding hydrogens is 428 g/mol. The number of fused-ring (bicyclic) bond motifs is 1. The molecule has 35 heavy (non-hydrogen) atoms. The summed E-state index contributed by atoms with van der Waals surface area (Å²) in [6.07, 6.45) is 0. The van der Waals surface area contributed by atoms with Crippen molar-refractivity contribution >= 4 is 27.8 Å². The topological polar surface area (TPSA) is 74.6 Å². The first-order valence-corrected chi connectivity index (χ1v) is 11.0. The highest BCUT2D eigenvalue weighted by Crippen LogP contribution is 2.36. The van der Waals surface area contributed by atoms with Crippen molar-refractivity contribution in [1.29, 1.82) is 15.8 Å². The summed E-state index contributed by atoms with van der Waals surface area (Å²) in [6, 6.07) is 41.6. The maximum absolute atomic E-state index is 9.18. The van der Waals surface area contributed by atoms with Gasteiger partial charge in [-0.2, -0.15) is 15.8 Å². The van der Waals surface area contributed by atoms with Gasteiger partial charge in [-0.05, 0) is 101 Å². The second-order valence-electron chi connectivity index (χ2n) is 8.09. The number of benzene rings is 5. The van der Waals surface area contributed by atoms with Gasteiger partial charge < -0.3 is 4.90 Å². The SMILES string of the molecule is N#Cc1ccc(N(c2ccc(C#N)cc2)c2ccc(-c3ccc4cc(C#N)ccc4c3)cc2)cc1. The van der Waals surface area contributed by atoms with Crippen molar-refractivity contribution in [3.05, 3.63) is 126 Å². The highest BCUT2D eigenvalue weighted by molar-refractivity contribution is 5.88. The number of nitriles is 3. The smallest absolute Gasteiger partial charge is 0.0991 e. The fourth-order valence-corrected chi connectivity index (χ4v) is 4.12. The van der Waals surface area contributed by atoms with Crippen LogP contribution >= 0.6 is 0 Å². The molecule has 0 aliphatic rings. The zero-order valence-corrected chi connectivity index (χ0v) is 18.7. The molecule has 0 saturated carbocycles. The van der Waals surface area contributed by atoms with Gasteiger partial charge in [0.25, 0.3) is 0 Å². The van der Waals surface area contributed by atoms with Crippen molar-refractivity contribution in [3.63, 3.8) is 0 Å². The maximum Gasteiger partial charge on any atom is 0.0991 e. The van der Waals surface area contributed by atoms with Gasteiger partial charge >= 0.3 is 0 Å². The van der Waals surface area contributed by atoms with Crippen LogP contribution in [-0.4, -0.2) is 0 Å². The van der Waals surface area contributed by atoms with Gasteiger partial charge in [-0.25, -0.2) is 0 Å². The first kappa shape index (κ1) is 21.5. The van der Waals surface area contributed by atoms with E-state index in [1.165, 1.54) is 0 Å². The Bertz CT molecular complexity index is 1590. The monoisotopic (exact) mass is 446 g/mol. The molecule has 0 aliphatic carbocycles. The second-order valence-corrected chi connectivity index (χ2v) is 8.09. The molecule has 0 spiro atoms. The summed E-state index contributed by atoms with van der Waals surface area (Å²) >= 11 is 0. The first-order chi connectivity index (χ1) is 17.2. The van der Waals surface area contributed by atoms with Crippen LogP contribution in [0.2, 0.25) is 0 Å². The lowest BCUT2D eigenvalue weighted by molar-refractivity contribution is 1.28. The summed E-state index contributed by atoms with van der Waals surface area (Å²) in [5, 5.41) is 29.6. The standard InChI is InChI=1S/C31H18N4/c32-19-22-2-11-29(12-3-22)35(30-13-4-23(20-33)5-14-30)31-15-9-25(10-16-31)27-8-7-26-17-24(21-34)1-6-28(26)18-27/h1-18H. The highest BCUT2D eigenvalue weighted by atomic mass is 15.1. The predicted octanol–water partition coefficient (Wildman–Crippen LogP) is 7.59. The minimum Gasteiger partial charge on any atom is -0.311 e. The zero-order valence-electron chi connectivity index (χ0n) is 18.7. The fourth-order valence-electron chi connectivity index (χ4n) is 4.12. The summed E-state index contributed by atoms with van der Waals surface area (Å²) in [5.74, 6) is 0. The predicted molar refractivity (Wildman–Crippen MR) is 138 cm³/mol. The van der Waals surface area contributed by atoms with Crippen molar-refractivity contribution in [1.82, 2.24) is 0 Å². The molecule has 0 N–H and O–H groups in total. The Morgan fingerprint density at radius 3 is 1.31 bits per heavy atom. The molecule has 0 saturated heterocycles. The first-order valence-electron chi connectivity index (χ1n) is 11.0. The van der Waals surface area contributed by atoms with E-state index in [1.807, 2.05) is 48.5 Å². The quantitative estimate of drug-likeness (QED) is 0.285. The van der Waals surface area contributed by atoms with Gasteiger partial charge in [0.15, 0.2) is 0 Å². The summed E-state index contributed by atoms with van der Waals surface area (Å²) in [6.45, 7) is 0. The van der Waals surface area contributed by atoms with E-state index in [1.54, 1.807) is 24.3 Å². The van der Waals surface area contributed by atoms with Gasteiger partial charge in [0, 0.05) is 17.1 Å². The van der Waals surface area contributed by atoms with Crippen LogP contribution in [0, 0.1) is 34.0 Å². The van der Waals surface area contributed by atoms with Crippen molar-refractivity contribution in [3.8, 4) is 29.3 Å². The van der Waals surface area contributed by atoms with Gasteiger partial charge in [0.1, 0.15) is 0 Å². The van der Waals surface area contributed by atoms with Crippen molar-refractivity contribution in [2.75, 3.05) is 4.90 Å². The molecule has 0 radical (unpaired) electrons. The van der Waals surface area contributed by atoms with Crippen molar-refractivity contribution in [2.24, 2.45) is 0 Å². The van der Waals surface area contributed by atoms with Crippen LogP contribution in [0.15, 0.2) is 109 Å². The van der Waals surface area contributed by atoms with Crippen LogP contribution in [0.4, 0.5) is 17.1 Å². The van der Waals surface area contributed by atoms with Gasteiger partial charge in [-0.1, -0.05) is 30.3 Å². The number of hydrogen-bond acceptors (Lipinski definition) is 4. The lowest BCUT2D eigenvalue weighted by Crippen LogP contribution is -2.09. The lowest BCUT2D eigenvalue weighted by atomic mass is 9.99. The van der Waals surface area contributed by atoms with E-state index in [0.717, 1.165) is 39.0 Å². The fraction of sp³-hybridized carbons (Fsp3) is 0. The molecule has 5 aromatic rings. The van der Waals surface area contributed by atoms with Gasteiger partial charge in [0.2, 0.25) is 0 Å². The van der Waals surface area contributed by atoms with E-state index in [-0.39, 0.29) is 0 Å². The Morgan fingerprint density at radius 1 is 0.400 bits per heavy atom. The summed E-state index contributed by atoms with van der Waals surface area (Å²) in [4.78, 5) is 2.09. The molecule has 4 nitrogen and oxygen atoms in total. The number of hydrogen-bond donors (Lipinski definition) is 0. The van der Waals surface area contributed by atoms with E-state index >= 15 is 0 Å². The zero-order chi connectivity index (χ0) is 24.2. The average Bonchev–Trinajstić information content (AvgIpc) is 2.93. The molecule has 0 aromatic heterocycles. The number of rotatable bonds is 4. The van der Waals surface area contributed by atoms with Gasteiger partial charge in [0.05, 0.1) is 34.9 Å². The summed E-state index contributed by atoms with van der Waals surface area (Å²) < 4.78 is 0. The molecule has 0 atom stereocenters.